The fourth-order valence-electron chi connectivity index (χ4n) is 3.30. The summed E-state index contributed by atoms with van der Waals surface area (Å²) in [6.45, 7) is 1.69. The molecular weight excluding hydrogens is 398 g/mol. The lowest BCUT2D eigenvalue weighted by molar-refractivity contribution is -0.308. The van der Waals surface area contributed by atoms with E-state index in [1.165, 1.54) is 6.07 Å². The SMILES string of the molecule is CCCCc1cc(=O)oc2cc(OCC(=O)N[C@@H](Cc3ccccc3)C(=O)[O-])ccc12. The molecule has 162 valence electrons. The molecule has 0 fully saturated rings. The average Bonchev–Trinajstić information content (AvgIpc) is 2.75. The van der Waals surface area contributed by atoms with E-state index in [1.54, 1.807) is 42.5 Å². The number of rotatable bonds is 10. The highest BCUT2D eigenvalue weighted by atomic mass is 16.5. The molecule has 0 bridgehead atoms. The molecule has 3 aromatic rings. The second-order valence-corrected chi connectivity index (χ2v) is 7.27. The number of hydrogen-bond donors (Lipinski definition) is 1. The standard InChI is InChI=1S/C24H25NO6/c1-2-3-9-17-13-23(27)31-21-14-18(10-11-19(17)21)30-15-22(26)25-20(24(28)29)12-16-7-5-4-6-8-16/h4-8,10-11,13-14,20H,2-3,9,12,15H2,1H3,(H,25,26)(H,28,29)/p-1/t20-/m0/s1. The van der Waals surface area contributed by atoms with Crippen LogP contribution in [0.2, 0.25) is 0 Å². The van der Waals surface area contributed by atoms with Crippen LogP contribution < -0.4 is 20.8 Å². The third-order valence-corrected chi connectivity index (χ3v) is 4.87. The summed E-state index contributed by atoms with van der Waals surface area (Å²) in [7, 11) is 0. The van der Waals surface area contributed by atoms with Crippen LogP contribution in [0.15, 0.2) is 63.8 Å². The van der Waals surface area contributed by atoms with E-state index in [4.69, 9.17) is 9.15 Å². The minimum atomic E-state index is -1.37. The molecule has 1 N–H and O–H groups in total. The van der Waals surface area contributed by atoms with Crippen molar-refractivity contribution in [3.63, 3.8) is 0 Å². The number of carbonyl (C=O) groups excluding carboxylic acids is 2. The quantitative estimate of drug-likeness (QED) is 0.501. The summed E-state index contributed by atoms with van der Waals surface area (Å²) in [5, 5.41) is 14.6. The number of fused-ring (bicyclic) bond motifs is 1. The normalized spacial score (nSPS) is 11.8. The molecule has 1 aromatic heterocycles. The van der Waals surface area contributed by atoms with Crippen molar-refractivity contribution in [1.29, 1.82) is 0 Å². The Morgan fingerprint density at radius 2 is 1.90 bits per heavy atom. The highest BCUT2D eigenvalue weighted by molar-refractivity contribution is 5.84. The summed E-state index contributed by atoms with van der Waals surface area (Å²) in [6, 6.07) is 14.3. The molecule has 2 aromatic carbocycles. The Morgan fingerprint density at radius 3 is 2.61 bits per heavy atom. The van der Waals surface area contributed by atoms with Gasteiger partial charge >= 0.3 is 5.63 Å². The van der Waals surface area contributed by atoms with Crippen LogP contribution >= 0.6 is 0 Å². The Kier molecular flexibility index (Phi) is 7.43. The first-order valence-corrected chi connectivity index (χ1v) is 10.2. The van der Waals surface area contributed by atoms with Gasteiger partial charge in [0.15, 0.2) is 6.61 Å². The number of aryl methyl sites for hydroxylation is 1. The first kappa shape index (κ1) is 22.1. The third kappa shape index (κ3) is 6.18. The van der Waals surface area contributed by atoms with Gasteiger partial charge in [-0.15, -0.1) is 0 Å². The summed E-state index contributed by atoms with van der Waals surface area (Å²) in [5.41, 5.74) is 1.62. The van der Waals surface area contributed by atoms with Crippen molar-refractivity contribution >= 4 is 22.8 Å². The van der Waals surface area contributed by atoms with E-state index >= 15 is 0 Å². The number of ether oxygens (including phenoxy) is 1. The van der Waals surface area contributed by atoms with E-state index in [2.05, 4.69) is 12.2 Å². The zero-order chi connectivity index (χ0) is 22.2. The molecular formula is C24H24NO6-. The van der Waals surface area contributed by atoms with Crippen LogP contribution in [0.4, 0.5) is 0 Å². The number of benzene rings is 2. The number of amides is 1. The summed E-state index contributed by atoms with van der Waals surface area (Å²) < 4.78 is 10.8. The van der Waals surface area contributed by atoms with Crippen molar-refractivity contribution in [2.75, 3.05) is 6.61 Å². The molecule has 0 aliphatic carbocycles. The van der Waals surface area contributed by atoms with E-state index in [0.29, 0.717) is 11.3 Å². The van der Waals surface area contributed by atoms with Gasteiger partial charge in [0.25, 0.3) is 5.91 Å². The maximum absolute atomic E-state index is 12.2. The molecule has 0 aliphatic heterocycles. The minimum absolute atomic E-state index is 0.108. The number of nitrogens with one attached hydrogen (secondary N) is 1. The number of aliphatic carboxylic acids is 1. The first-order chi connectivity index (χ1) is 15.0. The van der Waals surface area contributed by atoms with Crippen molar-refractivity contribution in [1.82, 2.24) is 5.32 Å². The molecule has 3 rings (SSSR count). The van der Waals surface area contributed by atoms with Gasteiger partial charge in [0, 0.05) is 17.5 Å². The van der Waals surface area contributed by atoms with Crippen LogP contribution in [0.5, 0.6) is 5.75 Å². The molecule has 1 heterocycles. The van der Waals surface area contributed by atoms with E-state index in [0.717, 1.165) is 35.8 Å². The second-order valence-electron chi connectivity index (χ2n) is 7.27. The molecule has 7 heteroatoms. The lowest BCUT2D eigenvalue weighted by atomic mass is 10.0. The van der Waals surface area contributed by atoms with Gasteiger partial charge in [0.1, 0.15) is 11.3 Å². The zero-order valence-corrected chi connectivity index (χ0v) is 17.3. The zero-order valence-electron chi connectivity index (χ0n) is 17.3. The maximum atomic E-state index is 12.2. The van der Waals surface area contributed by atoms with E-state index in [1.807, 2.05) is 6.07 Å². The van der Waals surface area contributed by atoms with Gasteiger partial charge in [-0.05, 0) is 42.5 Å². The average molecular weight is 422 g/mol. The van der Waals surface area contributed by atoms with Crippen LogP contribution in [0.1, 0.15) is 30.9 Å². The number of hydrogen-bond acceptors (Lipinski definition) is 6. The van der Waals surface area contributed by atoms with Crippen LogP contribution in [0, 0.1) is 0 Å². The molecule has 7 nitrogen and oxygen atoms in total. The number of carboxylic acid groups (broad SMARTS) is 1. The third-order valence-electron chi connectivity index (χ3n) is 4.87. The fourth-order valence-corrected chi connectivity index (χ4v) is 3.30. The topological polar surface area (TPSA) is 109 Å². The molecule has 1 atom stereocenters. The van der Waals surface area contributed by atoms with Gasteiger partial charge in [0.05, 0.1) is 12.0 Å². The summed E-state index contributed by atoms with van der Waals surface area (Å²) >= 11 is 0. The molecule has 0 unspecified atom stereocenters. The molecule has 0 spiro atoms. The van der Waals surface area contributed by atoms with Crippen molar-refractivity contribution in [2.45, 2.75) is 38.6 Å². The Labute approximate surface area is 179 Å². The largest absolute Gasteiger partial charge is 0.548 e. The van der Waals surface area contributed by atoms with Gasteiger partial charge in [-0.1, -0.05) is 43.7 Å². The molecule has 31 heavy (non-hydrogen) atoms. The predicted octanol–water partition coefficient (Wildman–Crippen LogP) is 1.99. The molecule has 0 saturated carbocycles. The monoisotopic (exact) mass is 422 g/mol. The smallest absolute Gasteiger partial charge is 0.336 e. The highest BCUT2D eigenvalue weighted by Gasteiger charge is 2.15. The molecule has 0 aliphatic rings. The van der Waals surface area contributed by atoms with E-state index in [-0.39, 0.29) is 13.0 Å². The van der Waals surface area contributed by atoms with E-state index in [9.17, 15) is 19.5 Å². The van der Waals surface area contributed by atoms with Crippen LogP contribution in [-0.2, 0) is 22.4 Å². The Morgan fingerprint density at radius 1 is 1.13 bits per heavy atom. The number of carboxylic acids is 1. The van der Waals surface area contributed by atoms with Crippen LogP contribution in [-0.4, -0.2) is 24.5 Å². The van der Waals surface area contributed by atoms with Crippen molar-refractivity contribution in [3.05, 3.63) is 76.1 Å². The highest BCUT2D eigenvalue weighted by Crippen LogP contribution is 2.23. The Balaban J connectivity index is 1.65. The van der Waals surface area contributed by atoms with Gasteiger partial charge in [-0.2, -0.15) is 0 Å². The summed E-state index contributed by atoms with van der Waals surface area (Å²) in [4.78, 5) is 35.4. The Bertz CT molecular complexity index is 1110. The fraction of sp³-hybridized carbons (Fsp3) is 0.292. The summed E-state index contributed by atoms with van der Waals surface area (Å²) in [6.07, 6.45) is 2.85. The lowest BCUT2D eigenvalue weighted by Crippen LogP contribution is -2.50. The van der Waals surface area contributed by atoms with Crippen LogP contribution in [0.25, 0.3) is 11.0 Å². The lowest BCUT2D eigenvalue weighted by Gasteiger charge is -2.20. The van der Waals surface area contributed by atoms with Gasteiger partial charge < -0.3 is 24.4 Å². The minimum Gasteiger partial charge on any atom is -0.548 e. The molecule has 0 saturated heterocycles. The Hall–Kier alpha value is -3.61. The maximum Gasteiger partial charge on any atom is 0.336 e. The number of unbranched alkanes of at least 4 members (excludes halogenated alkanes) is 1. The van der Waals surface area contributed by atoms with Crippen molar-refractivity contribution in [2.24, 2.45) is 0 Å². The second kappa shape index (κ2) is 10.4. The van der Waals surface area contributed by atoms with Crippen molar-refractivity contribution < 1.29 is 23.8 Å². The van der Waals surface area contributed by atoms with Crippen LogP contribution in [0.3, 0.4) is 0 Å². The van der Waals surface area contributed by atoms with Gasteiger partial charge in [-0.3, -0.25) is 4.79 Å². The predicted molar refractivity (Wildman–Crippen MR) is 114 cm³/mol. The summed E-state index contributed by atoms with van der Waals surface area (Å²) in [5.74, 6) is -1.63. The molecule has 0 radical (unpaired) electrons. The van der Waals surface area contributed by atoms with E-state index < -0.39 is 23.5 Å². The van der Waals surface area contributed by atoms with Gasteiger partial charge in [0.2, 0.25) is 0 Å². The van der Waals surface area contributed by atoms with Crippen molar-refractivity contribution in [3.8, 4) is 5.75 Å². The molecule has 1 amide bonds. The first-order valence-electron chi connectivity index (χ1n) is 10.2. The number of carbonyl (C=O) groups is 2. The van der Waals surface area contributed by atoms with Gasteiger partial charge in [-0.25, -0.2) is 4.79 Å².